The summed E-state index contributed by atoms with van der Waals surface area (Å²) >= 11 is 0. The highest BCUT2D eigenvalue weighted by atomic mass is 16.6. The normalized spacial score (nSPS) is 29.9. The van der Waals surface area contributed by atoms with Crippen LogP contribution in [0.5, 0.6) is 0 Å². The number of amides is 2. The molecule has 1 N–H and O–H groups in total. The number of allylic oxidation sites excluding steroid dienone is 1. The summed E-state index contributed by atoms with van der Waals surface area (Å²) in [5, 5.41) is 12.0. The Morgan fingerprint density at radius 2 is 1.67 bits per heavy atom. The monoisotopic (exact) mass is 487 g/mol. The summed E-state index contributed by atoms with van der Waals surface area (Å²) in [6.07, 6.45) is 2.99. The molecule has 1 saturated carbocycles. The molecule has 0 saturated heterocycles. The van der Waals surface area contributed by atoms with Crippen LogP contribution in [-0.2, 0) is 19.7 Å². The van der Waals surface area contributed by atoms with Crippen LogP contribution in [0.15, 0.2) is 66.2 Å². The van der Waals surface area contributed by atoms with Crippen LogP contribution in [0, 0.1) is 5.92 Å². The number of aliphatic hydroxyl groups is 1. The van der Waals surface area contributed by atoms with E-state index in [2.05, 4.69) is 0 Å². The van der Waals surface area contributed by atoms with E-state index >= 15 is 0 Å². The Labute approximate surface area is 212 Å². The van der Waals surface area contributed by atoms with E-state index in [1.165, 1.54) is 0 Å². The van der Waals surface area contributed by atoms with Gasteiger partial charge >= 0.3 is 6.09 Å². The number of ketones is 1. The molecule has 3 aliphatic rings. The average molecular weight is 488 g/mol. The molecule has 1 aliphatic heterocycles. The first-order chi connectivity index (χ1) is 17.0. The molecule has 2 aromatic carbocycles. The van der Waals surface area contributed by atoms with Crippen molar-refractivity contribution in [3.05, 3.63) is 77.4 Å². The summed E-state index contributed by atoms with van der Waals surface area (Å²) in [7, 11) is 0. The van der Waals surface area contributed by atoms with E-state index in [0.29, 0.717) is 24.1 Å². The van der Waals surface area contributed by atoms with Gasteiger partial charge in [0.2, 0.25) is 5.91 Å². The Bertz CT molecular complexity index is 1260. The van der Waals surface area contributed by atoms with Crippen LogP contribution in [0.4, 0.5) is 10.5 Å². The van der Waals surface area contributed by atoms with E-state index in [-0.39, 0.29) is 12.2 Å². The van der Waals surface area contributed by atoms with Crippen LogP contribution >= 0.6 is 0 Å². The SMILES string of the molecule is CC(C)(C)OC(=O)N1C(=O)[C@]2(C[C@](C)(O)[C@H](C3=CC(=O)CCC3)[C@H]2c2ccccc2)c2ccccc21. The lowest BCUT2D eigenvalue weighted by Crippen LogP contribution is -2.47. The topological polar surface area (TPSA) is 83.9 Å². The van der Waals surface area contributed by atoms with Gasteiger partial charge in [-0.15, -0.1) is 0 Å². The lowest BCUT2D eigenvalue weighted by atomic mass is 9.66. The molecule has 188 valence electrons. The zero-order chi connectivity index (χ0) is 25.9. The molecule has 5 rings (SSSR count). The van der Waals surface area contributed by atoms with E-state index in [1.54, 1.807) is 45.9 Å². The smallest absolute Gasteiger partial charge is 0.421 e. The van der Waals surface area contributed by atoms with Crippen molar-refractivity contribution in [1.82, 2.24) is 0 Å². The molecule has 1 spiro atoms. The molecule has 36 heavy (non-hydrogen) atoms. The maximum atomic E-state index is 14.5. The quantitative estimate of drug-likeness (QED) is 0.610. The highest BCUT2D eigenvalue weighted by molar-refractivity contribution is 6.22. The number of benzene rings is 2. The van der Waals surface area contributed by atoms with E-state index in [0.717, 1.165) is 22.5 Å². The molecule has 1 heterocycles. The summed E-state index contributed by atoms with van der Waals surface area (Å²) < 4.78 is 5.65. The van der Waals surface area contributed by atoms with Gasteiger partial charge < -0.3 is 9.84 Å². The highest BCUT2D eigenvalue weighted by Crippen LogP contribution is 2.65. The van der Waals surface area contributed by atoms with Gasteiger partial charge in [-0.2, -0.15) is 0 Å². The molecule has 6 nitrogen and oxygen atoms in total. The minimum absolute atomic E-state index is 0.0494. The number of nitrogens with zero attached hydrogens (tertiary/aromatic N) is 1. The first kappa shape index (κ1) is 24.4. The summed E-state index contributed by atoms with van der Waals surface area (Å²) in [5.74, 6) is -1.27. The van der Waals surface area contributed by atoms with Crippen molar-refractivity contribution in [2.24, 2.45) is 5.92 Å². The lowest BCUT2D eigenvalue weighted by molar-refractivity contribution is -0.124. The molecular weight excluding hydrogens is 454 g/mol. The Kier molecular flexibility index (Phi) is 5.71. The predicted octanol–water partition coefficient (Wildman–Crippen LogP) is 5.44. The fourth-order valence-electron chi connectivity index (χ4n) is 6.67. The van der Waals surface area contributed by atoms with Crippen molar-refractivity contribution in [3.63, 3.8) is 0 Å². The largest absolute Gasteiger partial charge is 0.443 e. The predicted molar refractivity (Wildman–Crippen MR) is 137 cm³/mol. The van der Waals surface area contributed by atoms with Gasteiger partial charge in [0.25, 0.3) is 0 Å². The Balaban J connectivity index is 1.74. The second-order valence-corrected chi connectivity index (χ2v) is 11.5. The molecule has 2 amide bonds. The van der Waals surface area contributed by atoms with Gasteiger partial charge in [0.1, 0.15) is 5.60 Å². The third-order valence-corrected chi connectivity index (χ3v) is 7.75. The van der Waals surface area contributed by atoms with Crippen LogP contribution in [-0.4, -0.2) is 34.1 Å². The fraction of sp³-hybridized carbons (Fsp3) is 0.433. The summed E-state index contributed by atoms with van der Waals surface area (Å²) in [6, 6.07) is 17.0. The standard InChI is InChI=1S/C30H33NO5/c1-28(2,3)36-27(34)31-23-16-9-8-15-22(23)30(26(31)33)18-29(4,35)24(20-13-10-14-21(32)17-20)25(30)19-11-6-5-7-12-19/h5-9,11-12,15-17,24-25,35H,10,13-14,18H2,1-4H3/t24-,25-,29+,30-/m1/s1. The third kappa shape index (κ3) is 3.79. The molecule has 6 heteroatoms. The minimum Gasteiger partial charge on any atom is -0.443 e. The number of rotatable bonds is 2. The zero-order valence-corrected chi connectivity index (χ0v) is 21.3. The number of hydrogen-bond donors (Lipinski definition) is 1. The van der Waals surface area contributed by atoms with Gasteiger partial charge in [0, 0.05) is 18.3 Å². The van der Waals surface area contributed by atoms with Gasteiger partial charge in [0.15, 0.2) is 5.78 Å². The van der Waals surface area contributed by atoms with Crippen LogP contribution in [0.1, 0.15) is 70.4 Å². The minimum atomic E-state index is -1.28. The molecule has 2 aromatic rings. The van der Waals surface area contributed by atoms with E-state index in [4.69, 9.17) is 4.74 Å². The van der Waals surface area contributed by atoms with E-state index in [1.807, 2.05) is 42.5 Å². The van der Waals surface area contributed by atoms with Gasteiger partial charge in [-0.05, 0) is 70.2 Å². The van der Waals surface area contributed by atoms with Crippen LogP contribution in [0.25, 0.3) is 0 Å². The first-order valence-corrected chi connectivity index (χ1v) is 12.6. The maximum absolute atomic E-state index is 14.5. The molecule has 0 unspecified atom stereocenters. The second kappa shape index (κ2) is 8.41. The summed E-state index contributed by atoms with van der Waals surface area (Å²) in [6.45, 7) is 7.06. The second-order valence-electron chi connectivity index (χ2n) is 11.5. The van der Waals surface area contributed by atoms with E-state index < -0.39 is 40.5 Å². The highest BCUT2D eigenvalue weighted by Gasteiger charge is 2.68. The van der Waals surface area contributed by atoms with Crippen molar-refractivity contribution in [3.8, 4) is 0 Å². The molecule has 4 atom stereocenters. The van der Waals surface area contributed by atoms with Gasteiger partial charge in [-0.25, -0.2) is 9.69 Å². The summed E-state index contributed by atoms with van der Waals surface area (Å²) in [5.41, 5.74) is -0.279. The zero-order valence-electron chi connectivity index (χ0n) is 21.3. The maximum Gasteiger partial charge on any atom is 0.421 e. The van der Waals surface area contributed by atoms with Gasteiger partial charge in [0.05, 0.1) is 16.7 Å². The first-order valence-electron chi connectivity index (χ1n) is 12.6. The van der Waals surface area contributed by atoms with Crippen molar-refractivity contribution in [2.75, 3.05) is 4.90 Å². The molecule has 2 aliphatic carbocycles. The number of carbonyl (C=O) groups excluding carboxylic acids is 3. The van der Waals surface area contributed by atoms with Crippen molar-refractivity contribution < 1.29 is 24.2 Å². The van der Waals surface area contributed by atoms with Crippen molar-refractivity contribution in [2.45, 2.75) is 75.9 Å². The third-order valence-electron chi connectivity index (χ3n) is 7.75. The van der Waals surface area contributed by atoms with E-state index in [9.17, 15) is 19.5 Å². The van der Waals surface area contributed by atoms with Crippen LogP contribution < -0.4 is 4.90 Å². The molecule has 1 fully saturated rings. The number of anilines is 1. The summed E-state index contributed by atoms with van der Waals surface area (Å²) in [4.78, 5) is 41.5. The number of fused-ring (bicyclic) bond motifs is 2. The number of imide groups is 1. The molecular formula is C30H33NO5. The van der Waals surface area contributed by atoms with Crippen molar-refractivity contribution >= 4 is 23.5 Å². The number of carbonyl (C=O) groups is 3. The Morgan fingerprint density at radius 1 is 1.00 bits per heavy atom. The molecule has 0 aromatic heterocycles. The van der Waals surface area contributed by atoms with Crippen molar-refractivity contribution in [1.29, 1.82) is 0 Å². The Morgan fingerprint density at radius 3 is 2.33 bits per heavy atom. The molecule has 0 bridgehead atoms. The fourth-order valence-corrected chi connectivity index (χ4v) is 6.67. The average Bonchev–Trinajstić information content (AvgIpc) is 3.20. The molecule has 0 radical (unpaired) electrons. The Hall–Kier alpha value is -3.25. The number of ether oxygens (including phenoxy) is 1. The van der Waals surface area contributed by atoms with Gasteiger partial charge in [-0.1, -0.05) is 54.1 Å². The van der Waals surface area contributed by atoms with Crippen LogP contribution in [0.2, 0.25) is 0 Å². The number of hydrogen-bond acceptors (Lipinski definition) is 5. The lowest BCUT2D eigenvalue weighted by Gasteiger charge is -2.36. The van der Waals surface area contributed by atoms with Gasteiger partial charge in [-0.3, -0.25) is 9.59 Å². The number of para-hydroxylation sites is 1. The van der Waals surface area contributed by atoms with Crippen LogP contribution in [0.3, 0.4) is 0 Å².